The number of aliphatic carboxylic acids is 1. The normalized spacial score (nSPS) is 10.3. The number of hydrogen-bond donors (Lipinski definition) is 0. The van der Waals surface area contributed by atoms with Gasteiger partial charge in [-0.05, 0) is 18.2 Å². The first-order valence-corrected chi connectivity index (χ1v) is 5.98. The molecule has 0 amide bonds. The Morgan fingerprint density at radius 1 is 1.50 bits per heavy atom. The number of carboxylic acids is 1. The lowest BCUT2D eigenvalue weighted by molar-refractivity contribution is -0.301. The van der Waals surface area contributed by atoms with E-state index in [-0.39, 0.29) is 11.0 Å². The van der Waals surface area contributed by atoms with Gasteiger partial charge in [-0.25, -0.2) is 0 Å². The molecule has 1 heterocycles. The lowest BCUT2D eigenvalue weighted by Gasteiger charge is -2.00. The fraction of sp³-hybridized carbons (Fsp3) is 0.182. The number of nitrogens with zero attached hydrogens (tertiary/aromatic N) is 2. The molecular weight excluding hydrogens is 256 g/mol. The summed E-state index contributed by atoms with van der Waals surface area (Å²) < 4.78 is 10.4. The Balaban J connectivity index is 2.15. The molecule has 2 aromatic rings. The third kappa shape index (κ3) is 3.01. The molecule has 1 aromatic carbocycles. The Hall–Kier alpha value is -2.02. The maximum Gasteiger partial charge on any atom is 0.277 e. The van der Waals surface area contributed by atoms with Gasteiger partial charge in [0.1, 0.15) is 5.75 Å². The van der Waals surface area contributed by atoms with Gasteiger partial charge in [-0.2, -0.15) is 0 Å². The topological polar surface area (TPSA) is 88.3 Å². The highest BCUT2D eigenvalue weighted by molar-refractivity contribution is 7.99. The van der Waals surface area contributed by atoms with Gasteiger partial charge >= 0.3 is 0 Å². The summed E-state index contributed by atoms with van der Waals surface area (Å²) in [5.41, 5.74) is 0.710. The lowest BCUT2D eigenvalue weighted by atomic mass is 10.2. The summed E-state index contributed by atoms with van der Waals surface area (Å²) in [5, 5.41) is 18.1. The van der Waals surface area contributed by atoms with Gasteiger partial charge in [0.05, 0.1) is 13.1 Å². The van der Waals surface area contributed by atoms with E-state index in [0.29, 0.717) is 17.2 Å². The standard InChI is InChI=1S/C11H10N2O4S/c1-16-8-4-2-3-7(5-8)10-12-13-11(17-10)18-6-9(14)15/h2-5H,6H2,1H3,(H,14,15)/p-1. The van der Waals surface area contributed by atoms with Crippen molar-refractivity contribution in [2.45, 2.75) is 5.22 Å². The second-order valence-corrected chi connectivity index (χ2v) is 4.19. The highest BCUT2D eigenvalue weighted by atomic mass is 32.2. The van der Waals surface area contributed by atoms with Crippen LogP contribution >= 0.6 is 11.8 Å². The molecule has 0 spiro atoms. The van der Waals surface area contributed by atoms with Crippen LogP contribution in [0.5, 0.6) is 5.75 Å². The lowest BCUT2D eigenvalue weighted by Crippen LogP contribution is -2.24. The van der Waals surface area contributed by atoms with Crippen LogP contribution in [-0.2, 0) is 4.79 Å². The minimum absolute atomic E-state index is 0.192. The Morgan fingerprint density at radius 2 is 2.33 bits per heavy atom. The van der Waals surface area contributed by atoms with Crippen molar-refractivity contribution in [3.63, 3.8) is 0 Å². The number of carbonyl (C=O) groups excluding carboxylic acids is 1. The number of thioether (sulfide) groups is 1. The third-order valence-electron chi connectivity index (χ3n) is 2.04. The zero-order valence-corrected chi connectivity index (χ0v) is 10.3. The van der Waals surface area contributed by atoms with Crippen LogP contribution < -0.4 is 9.84 Å². The van der Waals surface area contributed by atoms with E-state index < -0.39 is 5.97 Å². The van der Waals surface area contributed by atoms with E-state index in [4.69, 9.17) is 9.15 Å². The number of aromatic nitrogens is 2. The fourth-order valence-corrected chi connectivity index (χ4v) is 1.74. The predicted octanol–water partition coefficient (Wildman–Crippen LogP) is 0.587. The molecule has 18 heavy (non-hydrogen) atoms. The number of carboxylic acid groups (broad SMARTS) is 1. The van der Waals surface area contributed by atoms with Crippen LogP contribution in [-0.4, -0.2) is 29.0 Å². The molecule has 0 fully saturated rings. The fourth-order valence-electron chi connectivity index (χ4n) is 1.26. The molecule has 2 rings (SSSR count). The minimum atomic E-state index is -1.18. The van der Waals surface area contributed by atoms with Crippen molar-refractivity contribution in [3.8, 4) is 17.2 Å². The van der Waals surface area contributed by atoms with Gasteiger partial charge in [-0.1, -0.05) is 17.8 Å². The molecule has 0 saturated heterocycles. The maximum atomic E-state index is 10.3. The SMILES string of the molecule is COc1cccc(-c2nnc(SCC(=O)[O-])o2)c1. The van der Waals surface area contributed by atoms with Crippen molar-refractivity contribution in [1.82, 2.24) is 10.2 Å². The van der Waals surface area contributed by atoms with Crippen LogP contribution in [0.25, 0.3) is 11.5 Å². The minimum Gasteiger partial charge on any atom is -0.549 e. The van der Waals surface area contributed by atoms with Crippen molar-refractivity contribution in [2.24, 2.45) is 0 Å². The van der Waals surface area contributed by atoms with Crippen LogP contribution in [0.3, 0.4) is 0 Å². The molecule has 6 nitrogen and oxygen atoms in total. The molecule has 0 bridgehead atoms. The molecule has 0 aliphatic rings. The van der Waals surface area contributed by atoms with Crippen LogP contribution in [0.4, 0.5) is 0 Å². The predicted molar refractivity (Wildman–Crippen MR) is 62.0 cm³/mol. The average Bonchev–Trinajstić information content (AvgIpc) is 2.85. The second-order valence-electron chi connectivity index (χ2n) is 3.27. The monoisotopic (exact) mass is 265 g/mol. The molecule has 94 valence electrons. The molecule has 0 radical (unpaired) electrons. The molecule has 7 heteroatoms. The summed E-state index contributed by atoms with van der Waals surface area (Å²) in [4.78, 5) is 10.3. The van der Waals surface area contributed by atoms with Crippen molar-refractivity contribution in [1.29, 1.82) is 0 Å². The van der Waals surface area contributed by atoms with E-state index >= 15 is 0 Å². The Morgan fingerprint density at radius 3 is 3.06 bits per heavy atom. The second kappa shape index (κ2) is 5.54. The van der Waals surface area contributed by atoms with Crippen LogP contribution in [0, 0.1) is 0 Å². The molecular formula is C11H9N2O4S-. The van der Waals surface area contributed by atoms with Crippen molar-refractivity contribution < 1.29 is 19.1 Å². The van der Waals surface area contributed by atoms with Gasteiger partial charge < -0.3 is 19.1 Å². The van der Waals surface area contributed by atoms with Gasteiger partial charge in [-0.3, -0.25) is 0 Å². The molecule has 1 aromatic heterocycles. The summed E-state index contributed by atoms with van der Waals surface area (Å²) in [7, 11) is 1.56. The summed E-state index contributed by atoms with van der Waals surface area (Å²) in [6.07, 6.45) is 0. The van der Waals surface area contributed by atoms with Gasteiger partial charge in [0, 0.05) is 11.3 Å². The summed E-state index contributed by atoms with van der Waals surface area (Å²) in [5.74, 6) is -0.412. The van der Waals surface area contributed by atoms with Crippen molar-refractivity contribution in [2.75, 3.05) is 12.9 Å². The van der Waals surface area contributed by atoms with Gasteiger partial charge in [0.15, 0.2) is 0 Å². The quantitative estimate of drug-likeness (QED) is 0.731. The highest BCUT2D eigenvalue weighted by Crippen LogP contribution is 2.25. The largest absolute Gasteiger partial charge is 0.549 e. The number of hydrogen-bond acceptors (Lipinski definition) is 7. The molecule has 0 unspecified atom stereocenters. The van der Waals surface area contributed by atoms with E-state index in [0.717, 1.165) is 11.8 Å². The summed E-state index contributed by atoms with van der Waals surface area (Å²) in [6.45, 7) is 0. The molecule has 0 saturated carbocycles. The van der Waals surface area contributed by atoms with E-state index in [1.807, 2.05) is 0 Å². The third-order valence-corrected chi connectivity index (χ3v) is 2.83. The molecule has 0 aliphatic heterocycles. The Kier molecular flexibility index (Phi) is 3.83. The first kappa shape index (κ1) is 12.4. The highest BCUT2D eigenvalue weighted by Gasteiger charge is 2.09. The zero-order chi connectivity index (χ0) is 13.0. The van der Waals surface area contributed by atoms with Crippen LogP contribution in [0.2, 0.25) is 0 Å². The van der Waals surface area contributed by atoms with Gasteiger partial charge in [0.2, 0.25) is 5.89 Å². The smallest absolute Gasteiger partial charge is 0.277 e. The van der Waals surface area contributed by atoms with Crippen LogP contribution in [0.1, 0.15) is 0 Å². The van der Waals surface area contributed by atoms with Gasteiger partial charge in [-0.15, -0.1) is 10.2 Å². The number of carbonyl (C=O) groups is 1. The van der Waals surface area contributed by atoms with Gasteiger partial charge in [0.25, 0.3) is 5.22 Å². The molecule has 0 N–H and O–H groups in total. The number of benzene rings is 1. The first-order valence-electron chi connectivity index (χ1n) is 4.99. The molecule has 0 aliphatic carbocycles. The number of ether oxygens (including phenoxy) is 1. The van der Waals surface area contributed by atoms with Crippen molar-refractivity contribution >= 4 is 17.7 Å². The van der Waals surface area contributed by atoms with Crippen LogP contribution in [0.15, 0.2) is 33.9 Å². The van der Waals surface area contributed by atoms with Crippen molar-refractivity contribution in [3.05, 3.63) is 24.3 Å². The first-order chi connectivity index (χ1) is 8.69. The number of rotatable bonds is 5. The maximum absolute atomic E-state index is 10.3. The summed E-state index contributed by atoms with van der Waals surface area (Å²) >= 11 is 0.920. The number of methoxy groups -OCH3 is 1. The van der Waals surface area contributed by atoms with E-state index in [1.165, 1.54) is 0 Å². The van der Waals surface area contributed by atoms with E-state index in [2.05, 4.69) is 10.2 Å². The van der Waals surface area contributed by atoms with E-state index in [9.17, 15) is 9.90 Å². The van der Waals surface area contributed by atoms with E-state index in [1.54, 1.807) is 31.4 Å². The molecule has 0 atom stereocenters. The zero-order valence-electron chi connectivity index (χ0n) is 9.45. The average molecular weight is 265 g/mol. The summed E-state index contributed by atoms with van der Waals surface area (Å²) in [6, 6.07) is 7.14. The Labute approximate surface area is 107 Å². The Bertz CT molecular complexity index is 555.